The molecule has 0 radical (unpaired) electrons. The molecule has 1 aliphatic rings. The molecule has 5 nitrogen and oxygen atoms in total. The van der Waals surface area contributed by atoms with Crippen LogP contribution >= 0.6 is 0 Å². The fourth-order valence-electron chi connectivity index (χ4n) is 3.09. The van der Waals surface area contributed by atoms with Gasteiger partial charge >= 0.3 is 5.97 Å². The monoisotopic (exact) mass is 305 g/mol. The number of likely N-dealkylation sites (tertiary alicyclic amines) is 1. The lowest BCUT2D eigenvalue weighted by Crippen LogP contribution is -2.42. The summed E-state index contributed by atoms with van der Waals surface area (Å²) in [5.74, 6) is -1.02. The zero-order chi connectivity index (χ0) is 16.3. The van der Waals surface area contributed by atoms with E-state index in [1.165, 1.54) is 7.11 Å². The average molecular weight is 305 g/mol. The molecule has 2 rings (SSSR count). The minimum atomic E-state index is -0.857. The number of methoxy groups -OCH3 is 1. The third kappa shape index (κ3) is 2.86. The second kappa shape index (κ2) is 6.48. The minimum absolute atomic E-state index is 0.0273. The molecule has 120 valence electrons. The summed E-state index contributed by atoms with van der Waals surface area (Å²) in [5.41, 5.74) is -0.0719. The highest BCUT2D eigenvalue weighted by Crippen LogP contribution is 2.39. The second-order valence-electron chi connectivity index (χ2n) is 6.15. The molecule has 1 N–H and O–H groups in total. The molecule has 0 aromatic heterocycles. The molecule has 0 bridgehead atoms. The van der Waals surface area contributed by atoms with Gasteiger partial charge in [-0.3, -0.25) is 9.59 Å². The van der Waals surface area contributed by atoms with Crippen LogP contribution in [0.2, 0.25) is 0 Å². The number of carbonyl (C=O) groups is 2. The molecule has 2 atom stereocenters. The van der Waals surface area contributed by atoms with Crippen LogP contribution in [0.15, 0.2) is 30.3 Å². The topological polar surface area (TPSA) is 66.8 Å². The maximum Gasteiger partial charge on any atom is 0.311 e. The van der Waals surface area contributed by atoms with Crippen molar-refractivity contribution in [1.82, 2.24) is 4.90 Å². The van der Waals surface area contributed by atoms with Gasteiger partial charge in [0.05, 0.1) is 5.41 Å². The summed E-state index contributed by atoms with van der Waals surface area (Å²) in [4.78, 5) is 26.0. The number of nitrogens with zero attached hydrogens (tertiary/aromatic N) is 1. The summed E-state index contributed by atoms with van der Waals surface area (Å²) in [6.45, 7) is 4.49. The van der Waals surface area contributed by atoms with Gasteiger partial charge in [0.25, 0.3) is 5.91 Å². The van der Waals surface area contributed by atoms with Crippen LogP contribution in [-0.4, -0.2) is 42.1 Å². The first-order valence-corrected chi connectivity index (χ1v) is 7.52. The third-order valence-electron chi connectivity index (χ3n) is 4.71. The Bertz CT molecular complexity index is 543. The van der Waals surface area contributed by atoms with Crippen LogP contribution < -0.4 is 0 Å². The maximum absolute atomic E-state index is 12.7. The summed E-state index contributed by atoms with van der Waals surface area (Å²) < 4.78 is 5.36. The number of aliphatic carboxylic acids is 1. The number of amides is 1. The predicted octanol–water partition coefficient (Wildman–Crippen LogP) is 2.33. The molecule has 1 fully saturated rings. The predicted molar refractivity (Wildman–Crippen MR) is 82.3 cm³/mol. The second-order valence-corrected chi connectivity index (χ2v) is 6.15. The van der Waals surface area contributed by atoms with E-state index in [2.05, 4.69) is 0 Å². The van der Waals surface area contributed by atoms with Gasteiger partial charge in [-0.15, -0.1) is 0 Å². The molecule has 1 heterocycles. The molecule has 0 aliphatic carbocycles. The Hall–Kier alpha value is -1.88. The minimum Gasteiger partial charge on any atom is -0.481 e. The fourth-order valence-corrected chi connectivity index (χ4v) is 3.09. The number of carboxylic acids is 1. The lowest BCUT2D eigenvalue weighted by molar-refractivity contribution is -0.152. The summed E-state index contributed by atoms with van der Waals surface area (Å²) in [7, 11) is 1.50. The van der Waals surface area contributed by atoms with Crippen LogP contribution in [0.25, 0.3) is 0 Å². The summed E-state index contributed by atoms with van der Waals surface area (Å²) in [5, 5.41) is 9.58. The van der Waals surface area contributed by atoms with Crippen molar-refractivity contribution < 1.29 is 19.4 Å². The van der Waals surface area contributed by atoms with Gasteiger partial charge in [0.1, 0.15) is 0 Å². The quantitative estimate of drug-likeness (QED) is 0.906. The van der Waals surface area contributed by atoms with Crippen molar-refractivity contribution in [2.75, 3.05) is 20.2 Å². The first-order valence-electron chi connectivity index (χ1n) is 7.52. The first-order chi connectivity index (χ1) is 10.4. The summed E-state index contributed by atoms with van der Waals surface area (Å²) >= 11 is 0. The van der Waals surface area contributed by atoms with Crippen molar-refractivity contribution in [3.8, 4) is 0 Å². The summed E-state index contributed by atoms with van der Waals surface area (Å²) in [6.07, 6.45) is -0.199. The molecule has 1 aromatic rings. The SMILES string of the molecule is CO[C@@H](C(=O)N1CCC(C(=O)O)(C(C)C)C1)c1ccccc1. The molecule has 0 spiro atoms. The molecule has 1 aromatic carbocycles. The standard InChI is InChI=1S/C17H23NO4/c1-12(2)17(16(20)21)9-10-18(11-17)15(19)14(22-3)13-7-5-4-6-8-13/h4-8,12,14H,9-11H2,1-3H3,(H,20,21)/t14-,17?/m1/s1. The van der Waals surface area contributed by atoms with E-state index < -0.39 is 17.5 Å². The Labute approximate surface area is 130 Å². The number of rotatable bonds is 5. The van der Waals surface area contributed by atoms with E-state index in [-0.39, 0.29) is 18.4 Å². The van der Waals surface area contributed by atoms with E-state index in [1.54, 1.807) is 4.90 Å². The molecule has 1 amide bonds. The van der Waals surface area contributed by atoms with Crippen molar-refractivity contribution in [2.45, 2.75) is 26.4 Å². The smallest absolute Gasteiger partial charge is 0.311 e. The summed E-state index contributed by atoms with van der Waals surface area (Å²) in [6, 6.07) is 9.28. The van der Waals surface area contributed by atoms with Crippen molar-refractivity contribution in [3.63, 3.8) is 0 Å². The van der Waals surface area contributed by atoms with Crippen molar-refractivity contribution in [3.05, 3.63) is 35.9 Å². The number of hydrogen-bond donors (Lipinski definition) is 1. The molecular weight excluding hydrogens is 282 g/mol. The van der Waals surface area contributed by atoms with E-state index in [1.807, 2.05) is 44.2 Å². The van der Waals surface area contributed by atoms with Crippen molar-refractivity contribution in [2.24, 2.45) is 11.3 Å². The van der Waals surface area contributed by atoms with Crippen molar-refractivity contribution in [1.29, 1.82) is 0 Å². The van der Waals surface area contributed by atoms with Crippen LogP contribution in [0.5, 0.6) is 0 Å². The Kier molecular flexibility index (Phi) is 4.86. The van der Waals surface area contributed by atoms with Crippen LogP contribution in [0, 0.1) is 11.3 Å². The van der Waals surface area contributed by atoms with Gasteiger partial charge in [0.15, 0.2) is 6.10 Å². The van der Waals surface area contributed by atoms with E-state index in [0.717, 1.165) is 5.56 Å². The number of carboxylic acid groups (broad SMARTS) is 1. The Morgan fingerprint density at radius 3 is 2.36 bits per heavy atom. The fraction of sp³-hybridized carbons (Fsp3) is 0.529. The largest absolute Gasteiger partial charge is 0.481 e. The number of benzene rings is 1. The van der Waals surface area contributed by atoms with Gasteiger partial charge in [-0.05, 0) is 17.9 Å². The van der Waals surface area contributed by atoms with E-state index in [4.69, 9.17) is 4.74 Å². The highest BCUT2D eigenvalue weighted by Gasteiger charge is 2.49. The number of ether oxygens (including phenoxy) is 1. The molecule has 5 heteroatoms. The number of carbonyl (C=O) groups excluding carboxylic acids is 1. The Morgan fingerprint density at radius 1 is 1.27 bits per heavy atom. The Balaban J connectivity index is 2.19. The zero-order valence-electron chi connectivity index (χ0n) is 13.3. The van der Waals surface area contributed by atoms with Crippen LogP contribution in [0.4, 0.5) is 0 Å². The highest BCUT2D eigenvalue weighted by atomic mass is 16.5. The van der Waals surface area contributed by atoms with Gasteiger partial charge in [-0.25, -0.2) is 0 Å². The van der Waals surface area contributed by atoms with Crippen LogP contribution in [0.3, 0.4) is 0 Å². The van der Waals surface area contributed by atoms with E-state index in [9.17, 15) is 14.7 Å². The molecule has 22 heavy (non-hydrogen) atoms. The molecular formula is C17H23NO4. The Morgan fingerprint density at radius 2 is 1.91 bits per heavy atom. The van der Waals surface area contributed by atoms with Crippen LogP contribution in [-0.2, 0) is 14.3 Å². The van der Waals surface area contributed by atoms with Gasteiger partial charge in [0, 0.05) is 20.2 Å². The van der Waals surface area contributed by atoms with Gasteiger partial charge in [-0.1, -0.05) is 44.2 Å². The van der Waals surface area contributed by atoms with Crippen molar-refractivity contribution >= 4 is 11.9 Å². The van der Waals surface area contributed by atoms with E-state index >= 15 is 0 Å². The van der Waals surface area contributed by atoms with Gasteiger partial charge in [0.2, 0.25) is 0 Å². The lowest BCUT2D eigenvalue weighted by Gasteiger charge is -2.29. The van der Waals surface area contributed by atoms with Crippen LogP contribution in [0.1, 0.15) is 31.9 Å². The highest BCUT2D eigenvalue weighted by molar-refractivity contribution is 5.84. The normalized spacial score (nSPS) is 22.8. The average Bonchev–Trinajstić information content (AvgIpc) is 2.95. The molecule has 0 saturated carbocycles. The lowest BCUT2D eigenvalue weighted by atomic mass is 9.76. The maximum atomic E-state index is 12.7. The van der Waals surface area contributed by atoms with Gasteiger partial charge < -0.3 is 14.7 Å². The molecule has 1 unspecified atom stereocenters. The third-order valence-corrected chi connectivity index (χ3v) is 4.71. The van der Waals surface area contributed by atoms with Gasteiger partial charge in [-0.2, -0.15) is 0 Å². The van der Waals surface area contributed by atoms with E-state index in [0.29, 0.717) is 13.0 Å². The zero-order valence-corrected chi connectivity index (χ0v) is 13.3. The molecule has 1 aliphatic heterocycles. The first kappa shape index (κ1) is 16.5. The molecule has 1 saturated heterocycles. The number of hydrogen-bond acceptors (Lipinski definition) is 3.